The lowest BCUT2D eigenvalue weighted by Crippen LogP contribution is -1.89. The molecule has 0 atom stereocenters. The average Bonchev–Trinajstić information content (AvgIpc) is 2.76. The summed E-state index contributed by atoms with van der Waals surface area (Å²) in [4.78, 5) is 10.5. The summed E-state index contributed by atoms with van der Waals surface area (Å²) in [6.45, 7) is 0. The summed E-state index contributed by atoms with van der Waals surface area (Å²) in [5.41, 5.74) is 1.53. The summed E-state index contributed by atoms with van der Waals surface area (Å²) in [6.07, 6.45) is 6.09. The molecule has 0 radical (unpaired) electrons. The van der Waals surface area contributed by atoms with Gasteiger partial charge in [-0.1, -0.05) is 12.2 Å². The zero-order valence-corrected chi connectivity index (χ0v) is 9.85. The Morgan fingerprint density at radius 2 is 2.35 bits per heavy atom. The van der Waals surface area contributed by atoms with Crippen LogP contribution in [0.5, 0.6) is 0 Å². The molecule has 0 aliphatic rings. The second-order valence-corrected chi connectivity index (χ2v) is 3.99. The molecule has 0 aliphatic carbocycles. The standard InChI is InChI=1S/C11H11N3O2S/c15-14(16)11-6-8(3-1-2-4-17)5-10-9(11)7-12-13-10/h1,3,5-7,17H,2,4H2,(H,12,13). The van der Waals surface area contributed by atoms with Crippen molar-refractivity contribution in [1.29, 1.82) is 0 Å². The first-order chi connectivity index (χ1) is 8.22. The Hall–Kier alpha value is -1.82. The highest BCUT2D eigenvalue weighted by Gasteiger charge is 2.14. The van der Waals surface area contributed by atoms with E-state index in [9.17, 15) is 10.1 Å². The van der Waals surface area contributed by atoms with Gasteiger partial charge in [-0.3, -0.25) is 15.2 Å². The number of hydrogen-bond donors (Lipinski definition) is 2. The fourth-order valence-electron chi connectivity index (χ4n) is 1.60. The maximum atomic E-state index is 10.9. The van der Waals surface area contributed by atoms with E-state index in [2.05, 4.69) is 22.8 Å². The molecule has 0 unspecified atom stereocenters. The molecule has 1 aromatic heterocycles. The van der Waals surface area contributed by atoms with Crippen molar-refractivity contribution in [3.63, 3.8) is 0 Å². The van der Waals surface area contributed by atoms with E-state index < -0.39 is 4.92 Å². The molecule has 0 saturated carbocycles. The predicted octanol–water partition coefficient (Wildman–Crippen LogP) is 2.80. The average molecular weight is 249 g/mol. The number of aromatic nitrogens is 2. The van der Waals surface area contributed by atoms with Gasteiger partial charge >= 0.3 is 0 Å². The highest BCUT2D eigenvalue weighted by Crippen LogP contribution is 2.26. The van der Waals surface area contributed by atoms with Crippen molar-refractivity contribution in [1.82, 2.24) is 10.2 Å². The number of nitro groups is 1. The summed E-state index contributed by atoms with van der Waals surface area (Å²) in [5.74, 6) is 0.755. The van der Waals surface area contributed by atoms with E-state index in [-0.39, 0.29) is 5.69 Å². The number of hydrogen-bond acceptors (Lipinski definition) is 4. The van der Waals surface area contributed by atoms with Gasteiger partial charge in [-0.25, -0.2) is 0 Å². The molecule has 0 aliphatic heterocycles. The van der Waals surface area contributed by atoms with Gasteiger partial charge in [0.15, 0.2) is 0 Å². The van der Waals surface area contributed by atoms with Crippen LogP contribution in [0.15, 0.2) is 24.4 Å². The van der Waals surface area contributed by atoms with Crippen molar-refractivity contribution in [3.8, 4) is 0 Å². The lowest BCUT2D eigenvalue weighted by molar-refractivity contribution is -0.383. The van der Waals surface area contributed by atoms with Crippen LogP contribution in [-0.2, 0) is 0 Å². The van der Waals surface area contributed by atoms with Crippen molar-refractivity contribution in [2.75, 3.05) is 5.75 Å². The molecule has 5 nitrogen and oxygen atoms in total. The minimum atomic E-state index is -0.395. The first kappa shape index (κ1) is 11.7. The topological polar surface area (TPSA) is 71.8 Å². The molecular weight excluding hydrogens is 238 g/mol. The minimum absolute atomic E-state index is 0.0711. The summed E-state index contributed by atoms with van der Waals surface area (Å²) in [5, 5.41) is 18.0. The Bertz CT molecular complexity index is 577. The molecule has 1 aromatic carbocycles. The van der Waals surface area contributed by atoms with Gasteiger partial charge in [0.05, 0.1) is 22.0 Å². The normalized spacial score (nSPS) is 11.4. The number of nitrogens with one attached hydrogen (secondary N) is 1. The lowest BCUT2D eigenvalue weighted by atomic mass is 10.1. The second-order valence-electron chi connectivity index (χ2n) is 3.54. The maximum Gasteiger partial charge on any atom is 0.280 e. The molecule has 2 aromatic rings. The summed E-state index contributed by atoms with van der Waals surface area (Å²) >= 11 is 4.09. The van der Waals surface area contributed by atoms with Crippen LogP contribution in [-0.4, -0.2) is 20.9 Å². The van der Waals surface area contributed by atoms with Gasteiger partial charge in [0.1, 0.15) is 0 Å². The van der Waals surface area contributed by atoms with Gasteiger partial charge in [0, 0.05) is 6.07 Å². The molecule has 17 heavy (non-hydrogen) atoms. The molecular formula is C11H11N3O2S. The van der Waals surface area contributed by atoms with Crippen LogP contribution in [0.3, 0.4) is 0 Å². The van der Waals surface area contributed by atoms with E-state index in [4.69, 9.17) is 0 Å². The van der Waals surface area contributed by atoms with Crippen LogP contribution in [0.1, 0.15) is 12.0 Å². The fourth-order valence-corrected chi connectivity index (χ4v) is 1.74. The van der Waals surface area contributed by atoms with Crippen LogP contribution in [0.25, 0.3) is 17.0 Å². The van der Waals surface area contributed by atoms with Gasteiger partial charge in [-0.2, -0.15) is 17.7 Å². The van der Waals surface area contributed by atoms with Crippen molar-refractivity contribution >= 4 is 35.3 Å². The quantitative estimate of drug-likeness (QED) is 0.497. The number of allylic oxidation sites excluding steroid dienone is 1. The van der Waals surface area contributed by atoms with Crippen molar-refractivity contribution < 1.29 is 4.92 Å². The van der Waals surface area contributed by atoms with Gasteiger partial charge in [0.25, 0.3) is 5.69 Å². The number of non-ortho nitro benzene ring substituents is 1. The van der Waals surface area contributed by atoms with Crippen molar-refractivity contribution in [2.24, 2.45) is 0 Å². The smallest absolute Gasteiger partial charge is 0.278 e. The van der Waals surface area contributed by atoms with Crippen molar-refractivity contribution in [2.45, 2.75) is 6.42 Å². The molecule has 0 saturated heterocycles. The number of thiol groups is 1. The summed E-state index contributed by atoms with van der Waals surface area (Å²) in [6, 6.07) is 3.39. The molecule has 0 amide bonds. The van der Waals surface area contributed by atoms with E-state index in [1.807, 2.05) is 18.2 Å². The minimum Gasteiger partial charge on any atom is -0.278 e. The Labute approximate surface area is 103 Å². The number of rotatable bonds is 4. The monoisotopic (exact) mass is 249 g/mol. The Balaban J connectivity index is 2.48. The highest BCUT2D eigenvalue weighted by molar-refractivity contribution is 7.80. The maximum absolute atomic E-state index is 10.9. The van der Waals surface area contributed by atoms with Crippen LogP contribution in [0.2, 0.25) is 0 Å². The van der Waals surface area contributed by atoms with E-state index >= 15 is 0 Å². The summed E-state index contributed by atoms with van der Waals surface area (Å²) in [7, 11) is 0. The van der Waals surface area contributed by atoms with Gasteiger partial charge in [-0.05, 0) is 23.8 Å². The van der Waals surface area contributed by atoms with E-state index in [0.29, 0.717) is 10.9 Å². The zero-order chi connectivity index (χ0) is 12.3. The van der Waals surface area contributed by atoms with Crippen molar-refractivity contribution in [3.05, 3.63) is 40.1 Å². The third-order valence-electron chi connectivity index (χ3n) is 2.36. The Morgan fingerprint density at radius 3 is 3.06 bits per heavy atom. The first-order valence-electron chi connectivity index (χ1n) is 5.11. The first-order valence-corrected chi connectivity index (χ1v) is 5.74. The number of aromatic amines is 1. The van der Waals surface area contributed by atoms with E-state index in [0.717, 1.165) is 17.7 Å². The predicted molar refractivity (Wildman–Crippen MR) is 70.3 cm³/mol. The van der Waals surface area contributed by atoms with Crippen LogP contribution in [0, 0.1) is 10.1 Å². The van der Waals surface area contributed by atoms with Gasteiger partial charge in [0.2, 0.25) is 0 Å². The molecule has 6 heteroatoms. The second kappa shape index (κ2) is 5.01. The molecule has 88 valence electrons. The third-order valence-corrected chi connectivity index (χ3v) is 2.62. The molecule has 0 fully saturated rings. The van der Waals surface area contributed by atoms with E-state index in [1.54, 1.807) is 6.07 Å². The van der Waals surface area contributed by atoms with Gasteiger partial charge in [-0.15, -0.1) is 0 Å². The van der Waals surface area contributed by atoms with Crippen LogP contribution in [0.4, 0.5) is 5.69 Å². The molecule has 1 N–H and O–H groups in total. The molecule has 0 bridgehead atoms. The zero-order valence-electron chi connectivity index (χ0n) is 8.96. The Kier molecular flexibility index (Phi) is 3.43. The largest absolute Gasteiger partial charge is 0.280 e. The molecule has 0 spiro atoms. The number of benzene rings is 1. The van der Waals surface area contributed by atoms with Crippen LogP contribution >= 0.6 is 12.6 Å². The van der Waals surface area contributed by atoms with Crippen LogP contribution < -0.4 is 0 Å². The molecule has 1 heterocycles. The fraction of sp³-hybridized carbons (Fsp3) is 0.182. The van der Waals surface area contributed by atoms with E-state index in [1.165, 1.54) is 6.20 Å². The third kappa shape index (κ3) is 2.47. The molecule has 2 rings (SSSR count). The summed E-state index contributed by atoms with van der Waals surface area (Å²) < 4.78 is 0. The lowest BCUT2D eigenvalue weighted by Gasteiger charge is -1.97. The van der Waals surface area contributed by atoms with Gasteiger partial charge < -0.3 is 0 Å². The number of nitro benzene ring substituents is 1. The highest BCUT2D eigenvalue weighted by atomic mass is 32.1. The number of nitrogens with zero attached hydrogens (tertiary/aromatic N) is 2. The number of fused-ring (bicyclic) bond motifs is 1. The number of H-pyrrole nitrogens is 1. The SMILES string of the molecule is O=[N+]([O-])c1cc(C=CCCS)cc2[nH]ncc12. The Morgan fingerprint density at radius 1 is 1.53 bits per heavy atom.